The number of benzene rings is 1. The third kappa shape index (κ3) is 5.01. The summed E-state index contributed by atoms with van der Waals surface area (Å²) in [5.41, 5.74) is -0.177. The molecule has 0 radical (unpaired) electrons. The number of likely N-dealkylation sites (N-methyl/N-ethyl adjacent to an activating group) is 1. The topological polar surface area (TPSA) is 58.2 Å². The first kappa shape index (κ1) is 16.9. The molecule has 0 aliphatic heterocycles. The number of amides is 2. The third-order valence-corrected chi connectivity index (χ3v) is 2.45. The van der Waals surface area contributed by atoms with Crippen molar-refractivity contribution in [2.45, 2.75) is 18.6 Å². The SMILES string of the molecule is CNC(=O)C(NC(=O)CC(F)(F)F)c1ccc(F)c(F)c1. The van der Waals surface area contributed by atoms with E-state index in [1.54, 1.807) is 0 Å². The van der Waals surface area contributed by atoms with E-state index in [1.165, 1.54) is 7.05 Å². The molecule has 0 aromatic heterocycles. The van der Waals surface area contributed by atoms with Crippen molar-refractivity contribution in [3.63, 3.8) is 0 Å². The molecule has 0 saturated heterocycles. The van der Waals surface area contributed by atoms with Crippen LogP contribution in [0.25, 0.3) is 0 Å². The maximum absolute atomic E-state index is 13.1. The predicted octanol–water partition coefficient (Wildman–Crippen LogP) is 1.82. The molecule has 0 aliphatic rings. The quantitative estimate of drug-likeness (QED) is 0.834. The van der Waals surface area contributed by atoms with Crippen molar-refractivity contribution in [1.82, 2.24) is 10.6 Å². The van der Waals surface area contributed by atoms with Gasteiger partial charge in [0.05, 0.1) is 0 Å². The summed E-state index contributed by atoms with van der Waals surface area (Å²) in [5.74, 6) is -4.79. The molecule has 1 rings (SSSR count). The second-order valence-corrected chi connectivity index (χ2v) is 4.08. The maximum atomic E-state index is 13.1. The second-order valence-electron chi connectivity index (χ2n) is 4.08. The molecule has 1 aromatic carbocycles. The minimum absolute atomic E-state index is 0.177. The molecule has 4 nitrogen and oxygen atoms in total. The Bertz CT molecular complexity index is 545. The Hall–Kier alpha value is -2.19. The summed E-state index contributed by atoms with van der Waals surface area (Å²) in [4.78, 5) is 22.8. The smallest absolute Gasteiger partial charge is 0.357 e. The van der Waals surface area contributed by atoms with Crippen LogP contribution in [0, 0.1) is 11.6 Å². The van der Waals surface area contributed by atoms with Gasteiger partial charge in [-0.05, 0) is 17.7 Å². The summed E-state index contributed by atoms with van der Waals surface area (Å²) < 4.78 is 62.2. The van der Waals surface area contributed by atoms with Crippen LogP contribution in [0.2, 0.25) is 0 Å². The van der Waals surface area contributed by atoms with Gasteiger partial charge in [-0.25, -0.2) is 8.78 Å². The molecule has 1 atom stereocenters. The summed E-state index contributed by atoms with van der Waals surface area (Å²) in [7, 11) is 1.19. The zero-order valence-corrected chi connectivity index (χ0v) is 10.7. The lowest BCUT2D eigenvalue weighted by Crippen LogP contribution is -2.40. The summed E-state index contributed by atoms with van der Waals surface area (Å²) in [6.07, 6.45) is -6.53. The fourth-order valence-corrected chi connectivity index (χ4v) is 1.53. The van der Waals surface area contributed by atoms with Crippen LogP contribution >= 0.6 is 0 Å². The summed E-state index contributed by atoms with van der Waals surface area (Å²) in [6.45, 7) is 0. The van der Waals surface area contributed by atoms with Crippen molar-refractivity contribution in [3.05, 3.63) is 35.4 Å². The average Bonchev–Trinajstić information content (AvgIpc) is 2.36. The predicted molar refractivity (Wildman–Crippen MR) is 62.0 cm³/mol. The normalized spacial score (nSPS) is 12.7. The zero-order chi connectivity index (χ0) is 16.2. The lowest BCUT2D eigenvalue weighted by molar-refractivity contribution is -0.155. The Labute approximate surface area is 116 Å². The minimum atomic E-state index is -4.74. The molecule has 0 fully saturated rings. The molecule has 21 heavy (non-hydrogen) atoms. The van der Waals surface area contributed by atoms with E-state index in [0.29, 0.717) is 12.1 Å². The van der Waals surface area contributed by atoms with Crippen molar-refractivity contribution >= 4 is 11.8 Å². The van der Waals surface area contributed by atoms with Crippen molar-refractivity contribution < 1.29 is 31.5 Å². The number of carbonyl (C=O) groups is 2. The highest BCUT2D eigenvalue weighted by atomic mass is 19.4. The highest BCUT2D eigenvalue weighted by Gasteiger charge is 2.33. The average molecular weight is 310 g/mol. The zero-order valence-electron chi connectivity index (χ0n) is 10.7. The number of hydrogen-bond acceptors (Lipinski definition) is 2. The van der Waals surface area contributed by atoms with E-state index in [0.717, 1.165) is 6.07 Å². The number of nitrogens with one attached hydrogen (secondary N) is 2. The van der Waals surface area contributed by atoms with Gasteiger partial charge < -0.3 is 10.6 Å². The van der Waals surface area contributed by atoms with Crippen molar-refractivity contribution in [1.29, 1.82) is 0 Å². The molecule has 0 spiro atoms. The van der Waals surface area contributed by atoms with Crippen LogP contribution in [-0.2, 0) is 9.59 Å². The standard InChI is InChI=1S/C12H11F5N2O2/c1-18-11(21)10(19-9(20)5-12(15,16)17)6-2-3-7(13)8(14)4-6/h2-4,10H,5H2,1H3,(H,18,21)(H,19,20). The number of halogens is 5. The molecule has 0 bridgehead atoms. The van der Waals surface area contributed by atoms with E-state index in [1.807, 2.05) is 5.32 Å². The Morgan fingerprint density at radius 2 is 1.81 bits per heavy atom. The van der Waals surface area contributed by atoms with Gasteiger partial charge in [-0.2, -0.15) is 13.2 Å². The van der Waals surface area contributed by atoms with Crippen molar-refractivity contribution in [2.24, 2.45) is 0 Å². The number of alkyl halides is 3. The molecule has 9 heteroatoms. The summed E-state index contributed by atoms with van der Waals surface area (Å²) in [6, 6.07) is 0.770. The first-order valence-corrected chi connectivity index (χ1v) is 5.66. The highest BCUT2D eigenvalue weighted by molar-refractivity contribution is 5.88. The van der Waals surface area contributed by atoms with Gasteiger partial charge in [0.1, 0.15) is 12.5 Å². The second kappa shape index (κ2) is 6.51. The first-order valence-electron chi connectivity index (χ1n) is 5.66. The van der Waals surface area contributed by atoms with Crippen molar-refractivity contribution in [2.75, 3.05) is 7.05 Å². The van der Waals surface area contributed by atoms with Crippen LogP contribution in [0.3, 0.4) is 0 Å². The van der Waals surface area contributed by atoms with Gasteiger partial charge in [-0.3, -0.25) is 9.59 Å². The molecular weight excluding hydrogens is 299 g/mol. The molecule has 1 unspecified atom stereocenters. The lowest BCUT2D eigenvalue weighted by atomic mass is 10.1. The third-order valence-electron chi connectivity index (χ3n) is 2.45. The summed E-state index contributed by atoms with van der Waals surface area (Å²) in [5, 5.41) is 3.94. The van der Waals surface area contributed by atoms with E-state index < -0.39 is 42.1 Å². The minimum Gasteiger partial charge on any atom is -0.357 e. The molecule has 0 heterocycles. The lowest BCUT2D eigenvalue weighted by Gasteiger charge is -2.18. The van der Waals surface area contributed by atoms with Gasteiger partial charge in [0.15, 0.2) is 11.6 Å². The molecule has 0 aliphatic carbocycles. The highest BCUT2D eigenvalue weighted by Crippen LogP contribution is 2.21. The number of rotatable bonds is 4. The van der Waals surface area contributed by atoms with Crippen LogP contribution in [0.5, 0.6) is 0 Å². The van der Waals surface area contributed by atoms with Gasteiger partial charge in [-0.1, -0.05) is 6.07 Å². The van der Waals surface area contributed by atoms with Crippen LogP contribution < -0.4 is 10.6 Å². The fourth-order valence-electron chi connectivity index (χ4n) is 1.53. The van der Waals surface area contributed by atoms with Gasteiger partial charge in [0.25, 0.3) is 0 Å². The van der Waals surface area contributed by atoms with E-state index in [-0.39, 0.29) is 5.56 Å². The van der Waals surface area contributed by atoms with Crippen LogP contribution in [0.1, 0.15) is 18.0 Å². The molecule has 116 valence electrons. The van der Waals surface area contributed by atoms with Crippen molar-refractivity contribution in [3.8, 4) is 0 Å². The largest absolute Gasteiger partial charge is 0.397 e. The molecule has 2 amide bonds. The maximum Gasteiger partial charge on any atom is 0.397 e. The van der Waals surface area contributed by atoms with E-state index >= 15 is 0 Å². The number of hydrogen-bond donors (Lipinski definition) is 2. The van der Waals surface area contributed by atoms with Crippen LogP contribution in [0.4, 0.5) is 22.0 Å². The van der Waals surface area contributed by atoms with Crippen LogP contribution in [0.15, 0.2) is 18.2 Å². The Morgan fingerprint density at radius 3 is 2.29 bits per heavy atom. The molecular formula is C12H11F5N2O2. The Morgan fingerprint density at radius 1 is 1.19 bits per heavy atom. The Balaban J connectivity index is 2.98. The van der Waals surface area contributed by atoms with Gasteiger partial charge >= 0.3 is 6.18 Å². The fraction of sp³-hybridized carbons (Fsp3) is 0.333. The van der Waals surface area contributed by atoms with E-state index in [4.69, 9.17) is 0 Å². The summed E-state index contributed by atoms with van der Waals surface area (Å²) >= 11 is 0. The molecule has 1 aromatic rings. The first-order chi connectivity index (χ1) is 9.64. The van der Waals surface area contributed by atoms with Gasteiger partial charge in [-0.15, -0.1) is 0 Å². The number of carbonyl (C=O) groups excluding carboxylic acids is 2. The van der Waals surface area contributed by atoms with Crippen LogP contribution in [-0.4, -0.2) is 25.0 Å². The monoisotopic (exact) mass is 310 g/mol. The Kier molecular flexibility index (Phi) is 5.23. The van der Waals surface area contributed by atoms with Gasteiger partial charge in [0, 0.05) is 7.05 Å². The van der Waals surface area contributed by atoms with Gasteiger partial charge in [0.2, 0.25) is 11.8 Å². The molecule has 0 saturated carbocycles. The van der Waals surface area contributed by atoms with E-state index in [9.17, 15) is 31.5 Å². The molecule has 2 N–H and O–H groups in total. The van der Waals surface area contributed by atoms with E-state index in [2.05, 4.69) is 5.32 Å².